The van der Waals surface area contributed by atoms with Crippen molar-refractivity contribution in [2.45, 2.75) is 45.6 Å². The third-order valence-electron chi connectivity index (χ3n) is 3.30. The zero-order valence-electron chi connectivity index (χ0n) is 11.8. The van der Waals surface area contributed by atoms with Crippen LogP contribution >= 0.6 is 0 Å². The van der Waals surface area contributed by atoms with Crippen LogP contribution in [-0.4, -0.2) is 20.6 Å². The first-order chi connectivity index (χ1) is 9.50. The summed E-state index contributed by atoms with van der Waals surface area (Å²) in [5.74, 6) is -0.271. The Kier molecular flexibility index (Phi) is 4.37. The van der Waals surface area contributed by atoms with Gasteiger partial charge in [-0.1, -0.05) is 6.07 Å². The summed E-state index contributed by atoms with van der Waals surface area (Å²) in [7, 11) is 0. The lowest BCUT2D eigenvalue weighted by molar-refractivity contribution is -0.137. The number of nitrogens with zero attached hydrogens (tertiary/aromatic N) is 2. The van der Waals surface area contributed by atoms with Crippen molar-refractivity contribution in [3.63, 3.8) is 0 Å². The van der Waals surface area contributed by atoms with Crippen molar-refractivity contribution in [3.8, 4) is 0 Å². The van der Waals surface area contributed by atoms with Crippen molar-refractivity contribution in [1.82, 2.24) is 9.55 Å². The van der Waals surface area contributed by atoms with Gasteiger partial charge in [0.15, 0.2) is 5.82 Å². The zero-order valence-corrected chi connectivity index (χ0v) is 11.8. The van der Waals surface area contributed by atoms with Crippen LogP contribution in [0.15, 0.2) is 18.2 Å². The number of aryl methyl sites for hydroxylation is 1. The lowest BCUT2D eigenvalue weighted by Crippen LogP contribution is -2.06. The number of carbonyl (C=O) groups is 1. The molecule has 0 bridgehead atoms. The van der Waals surface area contributed by atoms with Gasteiger partial charge in [-0.3, -0.25) is 4.79 Å². The molecule has 2 aromatic rings. The Morgan fingerprint density at radius 1 is 1.40 bits per heavy atom. The molecule has 1 heterocycles. The number of hydrogen-bond acceptors (Lipinski definition) is 2. The van der Waals surface area contributed by atoms with Gasteiger partial charge < -0.3 is 9.67 Å². The maximum atomic E-state index is 13.8. The van der Waals surface area contributed by atoms with E-state index in [9.17, 15) is 9.18 Å². The number of unbranched alkanes of at least 4 members (excludes halogenated alkanes) is 1. The van der Waals surface area contributed by atoms with Crippen LogP contribution in [0.5, 0.6) is 0 Å². The molecule has 0 aliphatic rings. The SMILES string of the molecule is CC(C)n1c(CCCCC(=O)O)nc2c(F)cccc21. The molecule has 20 heavy (non-hydrogen) atoms. The highest BCUT2D eigenvalue weighted by Gasteiger charge is 2.15. The van der Waals surface area contributed by atoms with Crippen molar-refractivity contribution in [1.29, 1.82) is 0 Å². The summed E-state index contributed by atoms with van der Waals surface area (Å²) >= 11 is 0. The summed E-state index contributed by atoms with van der Waals surface area (Å²) in [5.41, 5.74) is 1.20. The minimum absolute atomic E-state index is 0.163. The van der Waals surface area contributed by atoms with E-state index in [0.717, 1.165) is 17.8 Å². The topological polar surface area (TPSA) is 55.1 Å². The number of imidazole rings is 1. The average molecular weight is 278 g/mol. The normalized spacial score (nSPS) is 11.4. The van der Waals surface area contributed by atoms with Gasteiger partial charge in [-0.05, 0) is 38.8 Å². The smallest absolute Gasteiger partial charge is 0.303 e. The quantitative estimate of drug-likeness (QED) is 0.822. The van der Waals surface area contributed by atoms with E-state index in [0.29, 0.717) is 18.4 Å². The highest BCUT2D eigenvalue weighted by atomic mass is 19.1. The second kappa shape index (κ2) is 6.03. The van der Waals surface area contributed by atoms with Crippen molar-refractivity contribution in [2.24, 2.45) is 0 Å². The largest absolute Gasteiger partial charge is 0.481 e. The first-order valence-electron chi connectivity index (χ1n) is 6.88. The Bertz CT molecular complexity index is 620. The van der Waals surface area contributed by atoms with E-state index in [4.69, 9.17) is 5.11 Å². The Morgan fingerprint density at radius 2 is 2.15 bits per heavy atom. The molecule has 0 amide bonds. The van der Waals surface area contributed by atoms with E-state index in [1.807, 2.05) is 24.5 Å². The monoisotopic (exact) mass is 278 g/mol. The molecular weight excluding hydrogens is 259 g/mol. The lowest BCUT2D eigenvalue weighted by atomic mass is 10.2. The molecule has 0 radical (unpaired) electrons. The van der Waals surface area contributed by atoms with Crippen LogP contribution in [-0.2, 0) is 11.2 Å². The maximum Gasteiger partial charge on any atom is 0.303 e. The lowest BCUT2D eigenvalue weighted by Gasteiger charge is -2.12. The molecule has 0 saturated carbocycles. The summed E-state index contributed by atoms with van der Waals surface area (Å²) < 4.78 is 15.8. The van der Waals surface area contributed by atoms with Crippen molar-refractivity contribution in [2.75, 3.05) is 0 Å². The number of hydrogen-bond donors (Lipinski definition) is 1. The van der Waals surface area contributed by atoms with Gasteiger partial charge in [0.05, 0.1) is 5.52 Å². The fourth-order valence-electron chi connectivity index (χ4n) is 2.44. The maximum absolute atomic E-state index is 13.8. The number of rotatable bonds is 6. The highest BCUT2D eigenvalue weighted by Crippen LogP contribution is 2.24. The zero-order chi connectivity index (χ0) is 14.7. The molecule has 1 N–H and O–H groups in total. The average Bonchev–Trinajstić information content (AvgIpc) is 2.74. The standard InChI is InChI=1S/C15H19FN2O2/c1-10(2)18-12-7-5-6-11(16)15(12)17-13(18)8-3-4-9-14(19)20/h5-7,10H,3-4,8-9H2,1-2H3,(H,19,20). The number of para-hydroxylation sites is 1. The molecule has 0 unspecified atom stereocenters. The summed E-state index contributed by atoms with van der Waals surface area (Å²) in [6, 6.07) is 5.16. The molecule has 108 valence electrons. The number of fused-ring (bicyclic) bond motifs is 1. The van der Waals surface area contributed by atoms with Crippen LogP contribution in [0, 0.1) is 5.82 Å². The molecule has 0 aliphatic carbocycles. The van der Waals surface area contributed by atoms with Gasteiger partial charge >= 0.3 is 5.97 Å². The molecule has 0 aliphatic heterocycles. The first kappa shape index (κ1) is 14.5. The molecule has 1 aromatic heterocycles. The predicted molar refractivity (Wildman–Crippen MR) is 75.3 cm³/mol. The first-order valence-corrected chi connectivity index (χ1v) is 6.88. The van der Waals surface area contributed by atoms with E-state index in [1.165, 1.54) is 6.07 Å². The van der Waals surface area contributed by atoms with Gasteiger partial charge in [-0.15, -0.1) is 0 Å². The number of halogens is 1. The molecule has 0 spiro atoms. The van der Waals surface area contributed by atoms with Crippen molar-refractivity contribution < 1.29 is 14.3 Å². The van der Waals surface area contributed by atoms with E-state index < -0.39 is 5.97 Å². The van der Waals surface area contributed by atoms with Gasteiger partial charge in [-0.2, -0.15) is 0 Å². The fourth-order valence-corrected chi connectivity index (χ4v) is 2.44. The summed E-state index contributed by atoms with van der Waals surface area (Å²) in [6.07, 6.45) is 2.18. The second-order valence-electron chi connectivity index (χ2n) is 5.20. The fraction of sp³-hybridized carbons (Fsp3) is 0.467. The molecular formula is C15H19FN2O2. The summed E-state index contributed by atoms with van der Waals surface area (Å²) in [4.78, 5) is 14.9. The Hall–Kier alpha value is -1.91. The van der Waals surface area contributed by atoms with Crippen LogP contribution < -0.4 is 0 Å². The molecule has 1 aromatic carbocycles. The van der Waals surface area contributed by atoms with Gasteiger partial charge in [-0.25, -0.2) is 9.37 Å². The predicted octanol–water partition coefficient (Wildman–Crippen LogP) is 3.55. The third-order valence-corrected chi connectivity index (χ3v) is 3.30. The summed E-state index contributed by atoms with van der Waals surface area (Å²) in [6.45, 7) is 4.07. The van der Waals surface area contributed by atoms with Crippen LogP contribution in [0.1, 0.15) is 45.0 Å². The Morgan fingerprint density at radius 3 is 2.80 bits per heavy atom. The number of carboxylic acids is 1. The van der Waals surface area contributed by atoms with Crippen LogP contribution in [0.4, 0.5) is 4.39 Å². The molecule has 0 saturated heterocycles. The highest BCUT2D eigenvalue weighted by molar-refractivity contribution is 5.76. The number of aliphatic carboxylic acids is 1. The second-order valence-corrected chi connectivity index (χ2v) is 5.20. The summed E-state index contributed by atoms with van der Waals surface area (Å²) in [5, 5.41) is 8.63. The molecule has 4 nitrogen and oxygen atoms in total. The van der Waals surface area contributed by atoms with E-state index in [1.54, 1.807) is 6.07 Å². The molecule has 0 fully saturated rings. The molecule has 5 heteroatoms. The third kappa shape index (κ3) is 2.98. The van der Waals surface area contributed by atoms with Gasteiger partial charge in [0, 0.05) is 18.9 Å². The minimum atomic E-state index is -0.784. The van der Waals surface area contributed by atoms with Crippen LogP contribution in [0.2, 0.25) is 0 Å². The Balaban J connectivity index is 2.25. The minimum Gasteiger partial charge on any atom is -0.481 e. The van der Waals surface area contributed by atoms with Gasteiger partial charge in [0.2, 0.25) is 0 Å². The number of carboxylic acid groups (broad SMARTS) is 1. The van der Waals surface area contributed by atoms with Crippen LogP contribution in [0.25, 0.3) is 11.0 Å². The molecule has 2 rings (SSSR count). The number of benzene rings is 1. The van der Waals surface area contributed by atoms with Gasteiger partial charge in [0.1, 0.15) is 11.3 Å². The van der Waals surface area contributed by atoms with E-state index in [2.05, 4.69) is 4.98 Å². The van der Waals surface area contributed by atoms with E-state index >= 15 is 0 Å². The van der Waals surface area contributed by atoms with Crippen molar-refractivity contribution in [3.05, 3.63) is 29.8 Å². The Labute approximate surface area is 117 Å². The van der Waals surface area contributed by atoms with E-state index in [-0.39, 0.29) is 18.3 Å². The number of aromatic nitrogens is 2. The molecule has 0 atom stereocenters. The van der Waals surface area contributed by atoms with Crippen LogP contribution in [0.3, 0.4) is 0 Å². The van der Waals surface area contributed by atoms with Crippen molar-refractivity contribution >= 4 is 17.0 Å². The van der Waals surface area contributed by atoms with Gasteiger partial charge in [0.25, 0.3) is 0 Å².